The van der Waals surface area contributed by atoms with Crippen molar-refractivity contribution in [1.29, 1.82) is 0 Å². The third kappa shape index (κ3) is 1.87. The molecule has 0 aromatic carbocycles. The Kier molecular flexibility index (Phi) is 2.72. The van der Waals surface area contributed by atoms with Crippen LogP contribution >= 0.6 is 0 Å². The van der Waals surface area contributed by atoms with E-state index in [0.29, 0.717) is 0 Å². The first kappa shape index (κ1) is 12.1. The predicted octanol–water partition coefficient (Wildman–Crippen LogP) is -0.680. The Morgan fingerprint density at radius 1 is 1.68 bits per heavy atom. The Hall–Kier alpha value is -2.00. The van der Waals surface area contributed by atoms with Crippen LogP contribution in [-0.2, 0) is 4.74 Å². The van der Waals surface area contributed by atoms with Crippen molar-refractivity contribution in [2.45, 2.75) is 24.9 Å². The molecular weight excluding hydrogens is 257 g/mol. The highest BCUT2D eigenvalue weighted by atomic mass is 19.1. The van der Waals surface area contributed by atoms with Gasteiger partial charge in [-0.25, -0.2) is 9.37 Å². The van der Waals surface area contributed by atoms with Crippen LogP contribution in [0.4, 0.5) is 10.3 Å². The Labute approximate surface area is 106 Å². The van der Waals surface area contributed by atoms with Gasteiger partial charge in [0.2, 0.25) is 5.95 Å². The van der Waals surface area contributed by atoms with Gasteiger partial charge in [-0.3, -0.25) is 14.3 Å². The van der Waals surface area contributed by atoms with Gasteiger partial charge in [-0.1, -0.05) is 0 Å². The second-order valence-corrected chi connectivity index (χ2v) is 4.34. The van der Waals surface area contributed by atoms with E-state index in [1.807, 2.05) is 0 Å². The first-order valence-electron chi connectivity index (χ1n) is 5.73. The summed E-state index contributed by atoms with van der Waals surface area (Å²) in [6.45, 7) is -0.402. The van der Waals surface area contributed by atoms with Gasteiger partial charge < -0.3 is 15.6 Å². The molecule has 4 N–H and O–H groups in total. The summed E-state index contributed by atoms with van der Waals surface area (Å²) in [6, 6.07) is 0. The summed E-state index contributed by atoms with van der Waals surface area (Å²) in [5.74, 6) is -0.0484. The maximum Gasteiger partial charge on any atom is 0.280 e. The van der Waals surface area contributed by atoms with Gasteiger partial charge in [-0.15, -0.1) is 0 Å². The number of hydrogen-bond acceptors (Lipinski definition) is 6. The number of hydrogen-bond donors (Lipinski definition) is 3. The maximum atomic E-state index is 13.6. The number of imidazole rings is 1. The van der Waals surface area contributed by atoms with Gasteiger partial charge in [-0.05, 0) is 0 Å². The lowest BCUT2D eigenvalue weighted by atomic mass is 10.2. The number of anilines is 1. The highest BCUT2D eigenvalue weighted by molar-refractivity contribution is 5.70. The fourth-order valence-electron chi connectivity index (χ4n) is 2.18. The summed E-state index contributed by atoms with van der Waals surface area (Å²) in [7, 11) is 0. The number of nitrogens with zero attached hydrogens (tertiary/aromatic N) is 3. The van der Waals surface area contributed by atoms with Gasteiger partial charge in [0, 0.05) is 6.42 Å². The zero-order valence-corrected chi connectivity index (χ0v) is 9.78. The van der Waals surface area contributed by atoms with E-state index in [4.69, 9.17) is 15.6 Å². The third-order valence-electron chi connectivity index (χ3n) is 3.10. The largest absolute Gasteiger partial charge is 0.394 e. The Morgan fingerprint density at radius 3 is 3.16 bits per heavy atom. The topological polar surface area (TPSA) is 119 Å². The van der Waals surface area contributed by atoms with Crippen LogP contribution in [-0.4, -0.2) is 43.5 Å². The number of halogens is 1. The molecule has 102 valence electrons. The molecule has 19 heavy (non-hydrogen) atoms. The van der Waals surface area contributed by atoms with Gasteiger partial charge in [0.1, 0.15) is 18.5 Å². The molecule has 3 rings (SSSR count). The molecule has 0 radical (unpaired) electrons. The SMILES string of the molecule is Nc1nc2c(ncn2[C@H]2C[C@@H](F)[C@@H](CO)O2)c(=O)[nH]1. The average molecular weight is 269 g/mol. The van der Waals surface area contributed by atoms with Crippen molar-refractivity contribution in [1.82, 2.24) is 19.5 Å². The van der Waals surface area contributed by atoms with Crippen molar-refractivity contribution in [2.24, 2.45) is 0 Å². The number of nitrogens with one attached hydrogen (secondary N) is 1. The van der Waals surface area contributed by atoms with E-state index in [0.717, 1.165) is 0 Å². The van der Waals surface area contributed by atoms with Gasteiger partial charge in [-0.2, -0.15) is 4.98 Å². The quantitative estimate of drug-likeness (QED) is 0.664. The summed E-state index contributed by atoms with van der Waals surface area (Å²) < 4.78 is 20.4. The number of aliphatic hydroxyl groups is 1. The monoisotopic (exact) mass is 269 g/mol. The van der Waals surface area contributed by atoms with Gasteiger partial charge in [0.25, 0.3) is 5.56 Å². The highest BCUT2D eigenvalue weighted by Crippen LogP contribution is 2.31. The zero-order valence-electron chi connectivity index (χ0n) is 9.78. The number of aliphatic hydroxyl groups excluding tert-OH is 1. The molecule has 9 heteroatoms. The molecule has 0 aliphatic carbocycles. The normalized spacial score (nSPS) is 27.2. The van der Waals surface area contributed by atoms with Crippen molar-refractivity contribution in [2.75, 3.05) is 12.3 Å². The van der Waals surface area contributed by atoms with E-state index in [1.165, 1.54) is 10.9 Å². The van der Waals surface area contributed by atoms with Crippen molar-refractivity contribution in [3.63, 3.8) is 0 Å². The van der Waals surface area contributed by atoms with Crippen LogP contribution in [0.1, 0.15) is 12.6 Å². The number of fused-ring (bicyclic) bond motifs is 1. The standard InChI is InChI=1S/C10H12FN5O3/c11-4-1-6(19-5(4)2-17)16-3-13-7-8(16)14-10(12)15-9(7)18/h3-6,17H,1-2H2,(H3,12,14,15,18)/t4-,5-,6-/m1/s1. The van der Waals surface area contributed by atoms with Crippen molar-refractivity contribution in [3.8, 4) is 0 Å². The summed E-state index contributed by atoms with van der Waals surface area (Å²) in [5.41, 5.74) is 5.35. The minimum Gasteiger partial charge on any atom is -0.394 e. The molecule has 8 nitrogen and oxygen atoms in total. The minimum absolute atomic E-state index is 0.0484. The van der Waals surface area contributed by atoms with Gasteiger partial charge >= 0.3 is 0 Å². The average Bonchev–Trinajstić information content (AvgIpc) is 2.92. The van der Waals surface area contributed by atoms with Crippen LogP contribution in [0, 0.1) is 0 Å². The predicted molar refractivity (Wildman–Crippen MR) is 63.1 cm³/mol. The fraction of sp³-hybridized carbons (Fsp3) is 0.500. The first-order chi connectivity index (χ1) is 9.10. The summed E-state index contributed by atoms with van der Waals surface area (Å²) in [5, 5.41) is 8.97. The molecule has 1 aliphatic heterocycles. The van der Waals surface area contributed by atoms with Crippen LogP contribution in [0.25, 0.3) is 11.2 Å². The number of aromatic amines is 1. The number of alkyl halides is 1. The van der Waals surface area contributed by atoms with Crippen LogP contribution < -0.4 is 11.3 Å². The van der Waals surface area contributed by atoms with Gasteiger partial charge in [0.05, 0.1) is 12.9 Å². The third-order valence-corrected chi connectivity index (χ3v) is 3.10. The summed E-state index contributed by atoms with van der Waals surface area (Å²) >= 11 is 0. The fourth-order valence-corrected chi connectivity index (χ4v) is 2.18. The maximum absolute atomic E-state index is 13.6. The second-order valence-electron chi connectivity index (χ2n) is 4.34. The smallest absolute Gasteiger partial charge is 0.280 e. The van der Waals surface area contributed by atoms with Crippen molar-refractivity contribution >= 4 is 17.1 Å². The van der Waals surface area contributed by atoms with E-state index >= 15 is 0 Å². The van der Waals surface area contributed by atoms with Crippen LogP contribution in [0.3, 0.4) is 0 Å². The van der Waals surface area contributed by atoms with E-state index < -0.39 is 30.7 Å². The molecule has 0 saturated carbocycles. The molecular formula is C10H12FN5O3. The molecule has 2 aromatic rings. The number of rotatable bonds is 2. The Balaban J connectivity index is 2.05. The first-order valence-corrected chi connectivity index (χ1v) is 5.73. The lowest BCUT2D eigenvalue weighted by Crippen LogP contribution is -2.21. The molecule has 3 heterocycles. The van der Waals surface area contributed by atoms with Crippen molar-refractivity contribution < 1.29 is 14.2 Å². The lowest BCUT2D eigenvalue weighted by molar-refractivity contribution is -0.0323. The second kappa shape index (κ2) is 4.28. The molecule has 0 bridgehead atoms. The highest BCUT2D eigenvalue weighted by Gasteiger charge is 2.36. The Bertz CT molecular complexity index is 669. The number of H-pyrrole nitrogens is 1. The molecule has 0 unspecified atom stereocenters. The van der Waals surface area contributed by atoms with E-state index in [1.54, 1.807) is 0 Å². The molecule has 1 saturated heterocycles. The molecule has 2 aromatic heterocycles. The van der Waals surface area contributed by atoms with Crippen LogP contribution in [0.5, 0.6) is 0 Å². The zero-order chi connectivity index (χ0) is 13.6. The number of nitrogens with two attached hydrogens (primary N) is 1. The van der Waals surface area contributed by atoms with Gasteiger partial charge in [0.15, 0.2) is 11.2 Å². The van der Waals surface area contributed by atoms with E-state index in [2.05, 4.69) is 15.0 Å². The van der Waals surface area contributed by atoms with Crippen LogP contribution in [0.2, 0.25) is 0 Å². The van der Waals surface area contributed by atoms with E-state index in [9.17, 15) is 9.18 Å². The van der Waals surface area contributed by atoms with Crippen molar-refractivity contribution in [3.05, 3.63) is 16.7 Å². The van der Waals surface area contributed by atoms with Crippen LogP contribution in [0.15, 0.2) is 11.1 Å². The summed E-state index contributed by atoms with van der Waals surface area (Å²) in [4.78, 5) is 21.8. The Morgan fingerprint density at radius 2 is 2.47 bits per heavy atom. The number of aromatic nitrogens is 4. The number of ether oxygens (including phenoxy) is 1. The minimum atomic E-state index is -1.27. The molecule has 3 atom stereocenters. The molecule has 0 spiro atoms. The lowest BCUT2D eigenvalue weighted by Gasteiger charge is -2.13. The summed E-state index contributed by atoms with van der Waals surface area (Å²) in [6.07, 6.45) is -1.39. The molecule has 1 fully saturated rings. The molecule has 0 amide bonds. The number of nitrogen functional groups attached to an aromatic ring is 1. The van der Waals surface area contributed by atoms with E-state index in [-0.39, 0.29) is 23.5 Å². The molecule has 1 aliphatic rings.